The molecule has 1 saturated heterocycles. The van der Waals surface area contributed by atoms with Gasteiger partial charge in [0.1, 0.15) is 0 Å². The quantitative estimate of drug-likeness (QED) is 0.637. The third-order valence-corrected chi connectivity index (χ3v) is 3.66. The molecular weight excluding hydrogens is 176 g/mol. The molecule has 1 aliphatic heterocycles. The number of carbonyl (C=O) groups is 1. The number of hydrogen-bond acceptors (Lipinski definition) is 2. The Labute approximate surface area is 87.0 Å². The van der Waals surface area contributed by atoms with Crippen molar-refractivity contribution in [1.29, 1.82) is 0 Å². The molecule has 0 aliphatic carbocycles. The van der Waals surface area contributed by atoms with E-state index in [1.54, 1.807) is 0 Å². The van der Waals surface area contributed by atoms with E-state index in [-0.39, 0.29) is 11.4 Å². The predicted molar refractivity (Wildman–Crippen MR) is 56.9 cm³/mol. The van der Waals surface area contributed by atoms with E-state index in [9.17, 15) is 4.79 Å². The summed E-state index contributed by atoms with van der Waals surface area (Å²) in [4.78, 5) is 12.0. The first-order valence-electron chi connectivity index (χ1n) is 5.69. The van der Waals surface area contributed by atoms with Gasteiger partial charge in [0, 0.05) is 0 Å². The third-order valence-electron chi connectivity index (χ3n) is 3.66. The molecular formula is C12H22O2. The molecule has 0 unspecified atom stereocenters. The van der Waals surface area contributed by atoms with Crippen LogP contribution in [0.4, 0.5) is 0 Å². The molecule has 0 spiro atoms. The van der Waals surface area contributed by atoms with E-state index in [4.69, 9.17) is 4.74 Å². The SMILES string of the molecule is CC(C)C1(C(C)C)CCCCOC1=O. The Morgan fingerprint density at radius 3 is 2.21 bits per heavy atom. The van der Waals surface area contributed by atoms with Gasteiger partial charge in [-0.25, -0.2) is 0 Å². The van der Waals surface area contributed by atoms with Crippen LogP contribution in [0.2, 0.25) is 0 Å². The second kappa shape index (κ2) is 4.33. The molecule has 0 radical (unpaired) electrons. The van der Waals surface area contributed by atoms with Crippen LogP contribution >= 0.6 is 0 Å². The summed E-state index contributed by atoms with van der Waals surface area (Å²) < 4.78 is 5.30. The highest BCUT2D eigenvalue weighted by Gasteiger charge is 2.46. The molecule has 1 aliphatic rings. The molecule has 82 valence electrons. The van der Waals surface area contributed by atoms with Gasteiger partial charge < -0.3 is 4.74 Å². The summed E-state index contributed by atoms with van der Waals surface area (Å²) in [5, 5.41) is 0. The first kappa shape index (κ1) is 11.5. The topological polar surface area (TPSA) is 26.3 Å². The summed E-state index contributed by atoms with van der Waals surface area (Å²) in [6.07, 6.45) is 3.12. The van der Waals surface area contributed by atoms with Crippen LogP contribution < -0.4 is 0 Å². The molecule has 0 aromatic rings. The van der Waals surface area contributed by atoms with Crippen LogP contribution in [0.5, 0.6) is 0 Å². The first-order chi connectivity index (χ1) is 6.51. The maximum Gasteiger partial charge on any atom is 0.312 e. The van der Waals surface area contributed by atoms with Gasteiger partial charge in [-0.2, -0.15) is 0 Å². The van der Waals surface area contributed by atoms with Gasteiger partial charge in [-0.1, -0.05) is 27.7 Å². The summed E-state index contributed by atoms with van der Waals surface area (Å²) in [5.41, 5.74) is -0.240. The van der Waals surface area contributed by atoms with Crippen LogP contribution in [0, 0.1) is 17.3 Å². The molecule has 0 atom stereocenters. The van der Waals surface area contributed by atoms with Crippen molar-refractivity contribution in [2.75, 3.05) is 6.61 Å². The minimum atomic E-state index is -0.240. The molecule has 1 fully saturated rings. The Morgan fingerprint density at radius 2 is 1.71 bits per heavy atom. The van der Waals surface area contributed by atoms with Gasteiger partial charge in [-0.15, -0.1) is 0 Å². The summed E-state index contributed by atoms with van der Waals surface area (Å²) in [7, 11) is 0. The lowest BCUT2D eigenvalue weighted by Crippen LogP contribution is -2.41. The fraction of sp³-hybridized carbons (Fsp3) is 0.917. The molecule has 0 aromatic carbocycles. The Morgan fingerprint density at radius 1 is 1.14 bits per heavy atom. The van der Waals surface area contributed by atoms with Gasteiger partial charge in [-0.05, 0) is 31.1 Å². The minimum Gasteiger partial charge on any atom is -0.465 e. The molecule has 1 rings (SSSR count). The third kappa shape index (κ3) is 1.79. The highest BCUT2D eigenvalue weighted by Crippen LogP contribution is 2.43. The molecule has 2 nitrogen and oxygen atoms in total. The fourth-order valence-corrected chi connectivity index (χ4v) is 2.64. The normalized spacial score (nSPS) is 22.3. The van der Waals surface area contributed by atoms with Gasteiger partial charge in [0.15, 0.2) is 0 Å². The van der Waals surface area contributed by atoms with E-state index < -0.39 is 0 Å². The molecule has 0 N–H and O–H groups in total. The average Bonchev–Trinajstić information content (AvgIpc) is 2.27. The number of ether oxygens (including phenoxy) is 1. The maximum absolute atomic E-state index is 12.0. The van der Waals surface area contributed by atoms with Crippen molar-refractivity contribution >= 4 is 5.97 Å². The average molecular weight is 198 g/mol. The van der Waals surface area contributed by atoms with Crippen molar-refractivity contribution in [1.82, 2.24) is 0 Å². The van der Waals surface area contributed by atoms with E-state index in [1.807, 2.05) is 0 Å². The lowest BCUT2D eigenvalue weighted by molar-refractivity contribution is -0.161. The molecule has 2 heteroatoms. The zero-order valence-corrected chi connectivity index (χ0v) is 9.80. The van der Waals surface area contributed by atoms with E-state index in [0.29, 0.717) is 18.4 Å². The summed E-state index contributed by atoms with van der Waals surface area (Å²) >= 11 is 0. The molecule has 0 aromatic heterocycles. The smallest absolute Gasteiger partial charge is 0.312 e. The number of rotatable bonds is 2. The summed E-state index contributed by atoms with van der Waals surface area (Å²) in [5.74, 6) is 0.765. The largest absolute Gasteiger partial charge is 0.465 e. The monoisotopic (exact) mass is 198 g/mol. The van der Waals surface area contributed by atoms with Crippen LogP contribution in [-0.2, 0) is 9.53 Å². The maximum atomic E-state index is 12.0. The minimum absolute atomic E-state index is 0.0278. The second-order valence-corrected chi connectivity index (χ2v) is 4.94. The van der Waals surface area contributed by atoms with Gasteiger partial charge in [-0.3, -0.25) is 4.79 Å². The molecule has 0 saturated carbocycles. The van der Waals surface area contributed by atoms with Gasteiger partial charge in [0.25, 0.3) is 0 Å². The Bertz CT molecular complexity index is 198. The lowest BCUT2D eigenvalue weighted by atomic mass is 9.66. The van der Waals surface area contributed by atoms with Crippen LogP contribution in [0.25, 0.3) is 0 Å². The Hall–Kier alpha value is -0.530. The van der Waals surface area contributed by atoms with Crippen LogP contribution in [-0.4, -0.2) is 12.6 Å². The molecule has 14 heavy (non-hydrogen) atoms. The van der Waals surface area contributed by atoms with Crippen molar-refractivity contribution in [2.24, 2.45) is 17.3 Å². The van der Waals surface area contributed by atoms with E-state index >= 15 is 0 Å². The summed E-state index contributed by atoms with van der Waals surface area (Å²) in [6.45, 7) is 9.14. The van der Waals surface area contributed by atoms with Gasteiger partial charge in [0.2, 0.25) is 0 Å². The standard InChI is InChI=1S/C12H22O2/c1-9(2)12(10(3)4)7-5-6-8-14-11(12)13/h9-10H,5-8H2,1-4H3. The highest BCUT2D eigenvalue weighted by molar-refractivity contribution is 5.77. The highest BCUT2D eigenvalue weighted by atomic mass is 16.5. The van der Waals surface area contributed by atoms with Crippen molar-refractivity contribution < 1.29 is 9.53 Å². The Kier molecular flexibility index (Phi) is 3.57. The van der Waals surface area contributed by atoms with E-state index in [0.717, 1.165) is 19.3 Å². The number of hydrogen-bond donors (Lipinski definition) is 0. The lowest BCUT2D eigenvalue weighted by Gasteiger charge is -2.37. The van der Waals surface area contributed by atoms with Crippen molar-refractivity contribution in [3.05, 3.63) is 0 Å². The van der Waals surface area contributed by atoms with Crippen LogP contribution in [0.15, 0.2) is 0 Å². The molecule has 0 amide bonds. The number of cyclic esters (lactones) is 1. The first-order valence-corrected chi connectivity index (χ1v) is 5.69. The fourth-order valence-electron chi connectivity index (χ4n) is 2.64. The molecule has 1 heterocycles. The molecule has 0 bridgehead atoms. The van der Waals surface area contributed by atoms with Crippen molar-refractivity contribution in [3.63, 3.8) is 0 Å². The second-order valence-electron chi connectivity index (χ2n) is 4.94. The van der Waals surface area contributed by atoms with Crippen molar-refractivity contribution in [2.45, 2.75) is 47.0 Å². The zero-order valence-electron chi connectivity index (χ0n) is 9.80. The van der Waals surface area contributed by atoms with E-state index in [2.05, 4.69) is 27.7 Å². The van der Waals surface area contributed by atoms with Crippen LogP contribution in [0.1, 0.15) is 47.0 Å². The van der Waals surface area contributed by atoms with Crippen LogP contribution in [0.3, 0.4) is 0 Å². The van der Waals surface area contributed by atoms with E-state index in [1.165, 1.54) is 0 Å². The Balaban J connectivity index is 2.97. The predicted octanol–water partition coefficient (Wildman–Crippen LogP) is 3.01. The summed E-state index contributed by atoms with van der Waals surface area (Å²) in [6, 6.07) is 0. The number of carbonyl (C=O) groups excluding carboxylic acids is 1. The zero-order chi connectivity index (χ0) is 10.8. The number of esters is 1. The van der Waals surface area contributed by atoms with Gasteiger partial charge >= 0.3 is 5.97 Å². The van der Waals surface area contributed by atoms with Crippen molar-refractivity contribution in [3.8, 4) is 0 Å². The van der Waals surface area contributed by atoms with Gasteiger partial charge in [0.05, 0.1) is 12.0 Å².